The molecule has 2 aromatic rings. The van der Waals surface area contributed by atoms with E-state index in [-0.39, 0.29) is 12.1 Å². The lowest BCUT2D eigenvalue weighted by atomic mass is 10.1. The second kappa shape index (κ2) is 9.02. The first-order chi connectivity index (χ1) is 13.2. The van der Waals surface area contributed by atoms with Gasteiger partial charge in [-0.1, -0.05) is 6.07 Å². The topological polar surface area (TPSA) is 102 Å². The molecule has 1 aromatic carbocycles. The minimum Gasteiger partial charge on any atom is -0.497 e. The van der Waals surface area contributed by atoms with Crippen LogP contribution in [0.25, 0.3) is 0 Å². The van der Waals surface area contributed by atoms with Gasteiger partial charge in [0.05, 0.1) is 19.9 Å². The van der Waals surface area contributed by atoms with Gasteiger partial charge in [0.1, 0.15) is 5.75 Å². The van der Waals surface area contributed by atoms with Gasteiger partial charge in [-0.3, -0.25) is 0 Å². The van der Waals surface area contributed by atoms with Gasteiger partial charge in [-0.25, -0.2) is 4.79 Å². The van der Waals surface area contributed by atoms with E-state index in [2.05, 4.69) is 25.8 Å². The fraction of sp³-hybridized carbons (Fsp3) is 0.444. The molecular formula is C18H24N6O3. The molecule has 0 aliphatic carbocycles. The Morgan fingerprint density at radius 1 is 1.33 bits per heavy atom. The van der Waals surface area contributed by atoms with Crippen molar-refractivity contribution < 1.29 is 14.3 Å². The quantitative estimate of drug-likeness (QED) is 0.798. The molecule has 1 aliphatic rings. The number of hydrogen-bond acceptors (Lipinski definition) is 8. The third-order valence-electron chi connectivity index (χ3n) is 4.26. The van der Waals surface area contributed by atoms with Crippen LogP contribution in [-0.2, 0) is 4.74 Å². The summed E-state index contributed by atoms with van der Waals surface area (Å²) in [6.07, 6.45) is 2.99. The second-order valence-corrected chi connectivity index (χ2v) is 6.13. The van der Waals surface area contributed by atoms with Crippen LogP contribution in [-0.4, -0.2) is 59.0 Å². The molecule has 9 nitrogen and oxygen atoms in total. The molecule has 2 heterocycles. The molecule has 0 unspecified atom stereocenters. The van der Waals surface area contributed by atoms with Crippen LogP contribution in [0.5, 0.6) is 5.75 Å². The normalized spacial score (nSPS) is 14.5. The molecule has 0 radical (unpaired) electrons. The Bertz CT molecular complexity index is 764. The summed E-state index contributed by atoms with van der Waals surface area (Å²) in [6, 6.07) is 7.72. The van der Waals surface area contributed by atoms with Crippen LogP contribution in [0.1, 0.15) is 19.8 Å². The Balaban J connectivity index is 1.56. The van der Waals surface area contributed by atoms with Gasteiger partial charge in [-0.2, -0.15) is 10.1 Å². The molecule has 2 N–H and O–H groups in total. The molecule has 1 fully saturated rings. The summed E-state index contributed by atoms with van der Waals surface area (Å²) in [4.78, 5) is 18.0. The number of aromatic nitrogens is 3. The summed E-state index contributed by atoms with van der Waals surface area (Å²) in [6.45, 7) is 3.52. The molecule has 1 saturated heterocycles. The highest BCUT2D eigenvalue weighted by atomic mass is 16.6. The van der Waals surface area contributed by atoms with Crippen molar-refractivity contribution in [2.24, 2.45) is 0 Å². The fourth-order valence-electron chi connectivity index (χ4n) is 2.89. The second-order valence-electron chi connectivity index (χ2n) is 6.13. The van der Waals surface area contributed by atoms with Crippen LogP contribution < -0.4 is 15.4 Å². The maximum atomic E-state index is 11.8. The van der Waals surface area contributed by atoms with Crippen molar-refractivity contribution in [3.8, 4) is 5.75 Å². The Hall–Kier alpha value is -3.10. The van der Waals surface area contributed by atoms with Crippen LogP contribution in [0.15, 0.2) is 30.5 Å². The van der Waals surface area contributed by atoms with Crippen molar-refractivity contribution in [2.75, 3.05) is 37.4 Å². The lowest BCUT2D eigenvalue weighted by molar-refractivity contribution is 0.0983. The summed E-state index contributed by atoms with van der Waals surface area (Å²) < 4.78 is 10.3. The minimum atomic E-state index is -0.246. The molecule has 1 aliphatic heterocycles. The number of methoxy groups -OCH3 is 1. The maximum Gasteiger partial charge on any atom is 0.409 e. The van der Waals surface area contributed by atoms with E-state index < -0.39 is 0 Å². The first kappa shape index (κ1) is 18.7. The van der Waals surface area contributed by atoms with Crippen molar-refractivity contribution in [3.63, 3.8) is 0 Å². The maximum absolute atomic E-state index is 11.8. The number of amides is 1. The number of nitrogens with one attached hydrogen (secondary N) is 2. The monoisotopic (exact) mass is 372 g/mol. The zero-order valence-corrected chi connectivity index (χ0v) is 15.5. The van der Waals surface area contributed by atoms with E-state index in [9.17, 15) is 4.79 Å². The van der Waals surface area contributed by atoms with Crippen LogP contribution in [0.3, 0.4) is 0 Å². The number of likely N-dealkylation sites (tertiary alicyclic amines) is 1. The number of hydrogen-bond donors (Lipinski definition) is 2. The Labute approximate surface area is 158 Å². The highest BCUT2D eigenvalue weighted by Crippen LogP contribution is 2.20. The van der Waals surface area contributed by atoms with E-state index in [1.807, 2.05) is 31.2 Å². The van der Waals surface area contributed by atoms with Gasteiger partial charge >= 0.3 is 6.09 Å². The predicted molar refractivity (Wildman–Crippen MR) is 101 cm³/mol. The van der Waals surface area contributed by atoms with Crippen molar-refractivity contribution in [1.29, 1.82) is 0 Å². The van der Waals surface area contributed by atoms with Gasteiger partial charge in [-0.05, 0) is 31.9 Å². The first-order valence-electron chi connectivity index (χ1n) is 8.97. The number of nitrogens with zero attached hydrogens (tertiary/aromatic N) is 4. The third-order valence-corrected chi connectivity index (χ3v) is 4.26. The molecule has 144 valence electrons. The zero-order valence-electron chi connectivity index (χ0n) is 15.5. The zero-order chi connectivity index (χ0) is 19.1. The minimum absolute atomic E-state index is 0.219. The van der Waals surface area contributed by atoms with Crippen molar-refractivity contribution in [3.05, 3.63) is 30.5 Å². The highest BCUT2D eigenvalue weighted by Gasteiger charge is 2.23. The van der Waals surface area contributed by atoms with Crippen LogP contribution in [0.2, 0.25) is 0 Å². The predicted octanol–water partition coefficient (Wildman–Crippen LogP) is 2.66. The molecule has 27 heavy (non-hydrogen) atoms. The molecule has 0 saturated carbocycles. The van der Waals surface area contributed by atoms with E-state index in [0.29, 0.717) is 31.5 Å². The summed E-state index contributed by atoms with van der Waals surface area (Å²) in [5.41, 5.74) is 0.816. The molecule has 0 spiro atoms. The van der Waals surface area contributed by atoms with Crippen LogP contribution >= 0.6 is 0 Å². The van der Waals surface area contributed by atoms with Crippen molar-refractivity contribution in [2.45, 2.75) is 25.8 Å². The first-order valence-corrected chi connectivity index (χ1v) is 8.97. The number of anilines is 3. The number of carbonyl (C=O) groups excluding carboxylic acids is 1. The van der Waals surface area contributed by atoms with Crippen molar-refractivity contribution >= 4 is 23.5 Å². The van der Waals surface area contributed by atoms with Crippen molar-refractivity contribution in [1.82, 2.24) is 20.1 Å². The largest absolute Gasteiger partial charge is 0.497 e. The fourth-order valence-corrected chi connectivity index (χ4v) is 2.89. The summed E-state index contributed by atoms with van der Waals surface area (Å²) >= 11 is 0. The Morgan fingerprint density at radius 2 is 2.15 bits per heavy atom. The lowest BCUT2D eigenvalue weighted by Crippen LogP contribution is -2.42. The van der Waals surface area contributed by atoms with E-state index in [0.717, 1.165) is 24.3 Å². The number of carbonyl (C=O) groups is 1. The number of benzene rings is 1. The molecule has 1 amide bonds. The molecule has 1 aromatic heterocycles. The highest BCUT2D eigenvalue weighted by molar-refractivity contribution is 5.67. The summed E-state index contributed by atoms with van der Waals surface area (Å²) in [7, 11) is 1.62. The molecule has 0 atom stereocenters. The van der Waals surface area contributed by atoms with E-state index in [1.165, 1.54) is 0 Å². The molecule has 3 rings (SSSR count). The molecule has 0 bridgehead atoms. The molecule has 9 heteroatoms. The van der Waals surface area contributed by atoms with Crippen LogP contribution in [0, 0.1) is 0 Å². The Morgan fingerprint density at radius 3 is 2.89 bits per heavy atom. The lowest BCUT2D eigenvalue weighted by Gasteiger charge is -2.31. The van der Waals surface area contributed by atoms with Gasteiger partial charge < -0.3 is 25.0 Å². The third kappa shape index (κ3) is 5.19. The van der Waals surface area contributed by atoms with E-state index in [4.69, 9.17) is 9.47 Å². The average molecular weight is 372 g/mol. The average Bonchev–Trinajstić information content (AvgIpc) is 2.69. The standard InChI is InChI=1S/C18H24N6O3/c1-3-27-18(25)24-9-7-13(8-10-24)20-16-12-19-23-17(22-16)21-14-5-4-6-15(11-14)26-2/h4-6,11-13H,3,7-10H2,1-2H3,(H2,20,21,22,23). The van der Waals surface area contributed by atoms with Gasteiger partial charge in [0, 0.05) is 30.9 Å². The van der Waals surface area contributed by atoms with E-state index >= 15 is 0 Å². The Kier molecular flexibility index (Phi) is 6.24. The number of ether oxygens (including phenoxy) is 2. The smallest absolute Gasteiger partial charge is 0.409 e. The van der Waals surface area contributed by atoms with Crippen LogP contribution in [0.4, 0.5) is 22.2 Å². The summed E-state index contributed by atoms with van der Waals surface area (Å²) in [5.74, 6) is 1.79. The number of rotatable bonds is 6. The SMILES string of the molecule is CCOC(=O)N1CCC(Nc2cnnc(Nc3cccc(OC)c3)n2)CC1. The summed E-state index contributed by atoms with van der Waals surface area (Å²) in [5, 5.41) is 14.5. The van der Waals surface area contributed by atoms with E-state index in [1.54, 1.807) is 18.2 Å². The van der Waals surface area contributed by atoms with Gasteiger partial charge in [0.2, 0.25) is 5.95 Å². The van der Waals surface area contributed by atoms with Gasteiger partial charge in [0.25, 0.3) is 0 Å². The van der Waals surface area contributed by atoms with Gasteiger partial charge in [-0.15, -0.1) is 5.10 Å². The number of piperidine rings is 1. The molecular weight excluding hydrogens is 348 g/mol. The van der Waals surface area contributed by atoms with Gasteiger partial charge in [0.15, 0.2) is 5.82 Å².